The van der Waals surface area contributed by atoms with E-state index in [2.05, 4.69) is 0 Å². The molecule has 2 aromatic carbocycles. The maximum atomic E-state index is 14.1. The second-order valence-electron chi connectivity index (χ2n) is 5.98. The highest BCUT2D eigenvalue weighted by Gasteiger charge is 2.60. The van der Waals surface area contributed by atoms with Crippen LogP contribution >= 0.6 is 11.8 Å². The molecule has 24 heavy (non-hydrogen) atoms. The van der Waals surface area contributed by atoms with Crippen molar-refractivity contribution in [3.05, 3.63) is 59.4 Å². The quantitative estimate of drug-likeness (QED) is 0.800. The van der Waals surface area contributed by atoms with Crippen molar-refractivity contribution in [2.45, 2.75) is 11.8 Å². The van der Waals surface area contributed by atoms with E-state index in [1.165, 1.54) is 22.7 Å². The predicted molar refractivity (Wildman–Crippen MR) is 92.6 cm³/mol. The molecule has 2 aliphatic heterocycles. The number of anilines is 2. The molecule has 2 aliphatic rings. The number of para-hydroxylation sites is 1. The number of carbonyl (C=O) groups is 2. The molecule has 0 radical (unpaired) electrons. The summed E-state index contributed by atoms with van der Waals surface area (Å²) < 4.78 is 14.1. The van der Waals surface area contributed by atoms with Crippen LogP contribution in [0.3, 0.4) is 0 Å². The number of likely N-dealkylation sites (N-methyl/N-ethyl adjacent to an activating group) is 1. The molecule has 4 rings (SSSR count). The Bertz CT molecular complexity index is 885. The van der Waals surface area contributed by atoms with Gasteiger partial charge in [-0.3, -0.25) is 14.5 Å². The van der Waals surface area contributed by atoms with Crippen LogP contribution in [0.5, 0.6) is 0 Å². The van der Waals surface area contributed by atoms with E-state index in [1.54, 1.807) is 31.0 Å². The monoisotopic (exact) mass is 342 g/mol. The maximum Gasteiger partial charge on any atom is 0.268 e. The lowest BCUT2D eigenvalue weighted by atomic mass is 10.0. The molecule has 122 valence electrons. The summed E-state index contributed by atoms with van der Waals surface area (Å²) in [6.07, 6.45) is 0. The topological polar surface area (TPSA) is 40.6 Å². The van der Waals surface area contributed by atoms with Gasteiger partial charge in [-0.2, -0.15) is 0 Å². The first-order valence-corrected chi connectivity index (χ1v) is 8.56. The van der Waals surface area contributed by atoms with Crippen molar-refractivity contribution in [3.63, 3.8) is 0 Å². The first kappa shape index (κ1) is 15.2. The molecule has 0 saturated carbocycles. The fourth-order valence-corrected chi connectivity index (χ4v) is 4.76. The Morgan fingerprint density at radius 1 is 1.17 bits per heavy atom. The second kappa shape index (κ2) is 5.08. The van der Waals surface area contributed by atoms with Gasteiger partial charge in [0.1, 0.15) is 5.82 Å². The van der Waals surface area contributed by atoms with Gasteiger partial charge in [-0.25, -0.2) is 4.39 Å². The van der Waals surface area contributed by atoms with Crippen molar-refractivity contribution in [3.8, 4) is 0 Å². The maximum absolute atomic E-state index is 14.1. The number of halogens is 1. The highest BCUT2D eigenvalue weighted by atomic mass is 32.2. The zero-order valence-electron chi connectivity index (χ0n) is 13.2. The third-order valence-corrected chi connectivity index (χ3v) is 5.99. The van der Waals surface area contributed by atoms with Crippen LogP contribution in [-0.2, 0) is 14.5 Å². The molecule has 0 bridgehead atoms. The molecule has 4 nitrogen and oxygen atoms in total. The molecule has 0 aliphatic carbocycles. The van der Waals surface area contributed by atoms with Gasteiger partial charge in [0.05, 0.1) is 11.4 Å². The van der Waals surface area contributed by atoms with E-state index < -0.39 is 4.87 Å². The van der Waals surface area contributed by atoms with Gasteiger partial charge in [0.15, 0.2) is 0 Å². The Labute approximate surface area is 143 Å². The van der Waals surface area contributed by atoms with Crippen molar-refractivity contribution in [1.82, 2.24) is 0 Å². The largest absolute Gasteiger partial charge is 0.312 e. The average Bonchev–Trinajstić information content (AvgIpc) is 3.03. The standard InChI is InChI=1S/C18H15FN2O2S/c1-11-7-8-12(9-14(11)19)21-16(22)10-24-18(21)13-5-3-4-6-15(13)20(2)17(18)23/h3-9H,10H2,1-2H3/t18-/m1/s1. The number of carbonyl (C=O) groups excluding carboxylic acids is 2. The third-order valence-electron chi connectivity index (χ3n) is 4.61. The average molecular weight is 342 g/mol. The number of amides is 2. The van der Waals surface area contributed by atoms with Crippen LogP contribution in [0.2, 0.25) is 0 Å². The number of nitrogens with zero attached hydrogens (tertiary/aromatic N) is 2. The Morgan fingerprint density at radius 2 is 1.92 bits per heavy atom. The number of fused-ring (bicyclic) bond motifs is 2. The van der Waals surface area contributed by atoms with E-state index in [1.807, 2.05) is 24.3 Å². The van der Waals surface area contributed by atoms with Gasteiger partial charge in [0.2, 0.25) is 10.8 Å². The smallest absolute Gasteiger partial charge is 0.268 e. The predicted octanol–water partition coefficient (Wildman–Crippen LogP) is 3.04. The molecule has 1 fully saturated rings. The SMILES string of the molecule is Cc1ccc(N2C(=O)CS[C@]23C(=O)N(C)c2ccccc23)cc1F. The zero-order valence-corrected chi connectivity index (χ0v) is 14.1. The number of aryl methyl sites for hydroxylation is 1. The lowest BCUT2D eigenvalue weighted by Gasteiger charge is -2.33. The van der Waals surface area contributed by atoms with Gasteiger partial charge < -0.3 is 4.90 Å². The Kier molecular flexibility index (Phi) is 3.22. The normalized spacial score (nSPS) is 22.6. The summed E-state index contributed by atoms with van der Waals surface area (Å²) in [5.74, 6) is -0.578. The summed E-state index contributed by atoms with van der Waals surface area (Å²) in [6, 6.07) is 12.1. The van der Waals surface area contributed by atoms with Gasteiger partial charge in [-0.1, -0.05) is 24.3 Å². The summed E-state index contributed by atoms with van der Waals surface area (Å²) in [7, 11) is 1.70. The zero-order chi connectivity index (χ0) is 17.1. The van der Waals surface area contributed by atoms with Crippen molar-refractivity contribution in [2.24, 2.45) is 0 Å². The van der Waals surface area contributed by atoms with Gasteiger partial charge in [0, 0.05) is 18.3 Å². The molecule has 2 aromatic rings. The van der Waals surface area contributed by atoms with E-state index >= 15 is 0 Å². The molecule has 2 amide bonds. The highest BCUT2D eigenvalue weighted by molar-refractivity contribution is 8.02. The minimum atomic E-state index is -1.15. The van der Waals surface area contributed by atoms with Crippen molar-refractivity contribution >= 4 is 35.0 Å². The second-order valence-corrected chi connectivity index (χ2v) is 7.14. The molecule has 2 heterocycles. The van der Waals surface area contributed by atoms with Crippen molar-refractivity contribution in [2.75, 3.05) is 22.6 Å². The highest BCUT2D eigenvalue weighted by Crippen LogP contribution is 2.55. The van der Waals surface area contributed by atoms with E-state index in [-0.39, 0.29) is 23.4 Å². The van der Waals surface area contributed by atoms with Gasteiger partial charge in [-0.15, -0.1) is 11.8 Å². The van der Waals surface area contributed by atoms with Crippen LogP contribution in [0.15, 0.2) is 42.5 Å². The molecule has 1 spiro atoms. The number of thioether (sulfide) groups is 1. The molecule has 1 saturated heterocycles. The summed E-state index contributed by atoms with van der Waals surface area (Å²) in [5.41, 5.74) is 2.46. The first-order chi connectivity index (χ1) is 11.5. The fraction of sp³-hybridized carbons (Fsp3) is 0.222. The molecular weight excluding hydrogens is 327 g/mol. The first-order valence-electron chi connectivity index (χ1n) is 7.57. The van der Waals surface area contributed by atoms with E-state index in [9.17, 15) is 14.0 Å². The lowest BCUT2D eigenvalue weighted by molar-refractivity contribution is -0.123. The summed E-state index contributed by atoms with van der Waals surface area (Å²) >= 11 is 1.29. The van der Waals surface area contributed by atoms with Crippen molar-refractivity contribution in [1.29, 1.82) is 0 Å². The molecule has 0 N–H and O–H groups in total. The fourth-order valence-electron chi connectivity index (χ4n) is 3.38. The van der Waals surface area contributed by atoms with Crippen LogP contribution in [0, 0.1) is 12.7 Å². The number of rotatable bonds is 1. The number of hydrogen-bond acceptors (Lipinski definition) is 3. The molecule has 0 aromatic heterocycles. The Balaban J connectivity index is 1.95. The van der Waals surface area contributed by atoms with Gasteiger partial charge in [0.25, 0.3) is 5.91 Å². The van der Waals surface area contributed by atoms with E-state index in [4.69, 9.17) is 0 Å². The van der Waals surface area contributed by atoms with E-state index in [0.717, 1.165) is 11.3 Å². The van der Waals surface area contributed by atoms with Crippen LogP contribution in [0.25, 0.3) is 0 Å². The third kappa shape index (κ3) is 1.80. The van der Waals surface area contributed by atoms with Crippen molar-refractivity contribution < 1.29 is 14.0 Å². The van der Waals surface area contributed by atoms with Crippen LogP contribution in [-0.4, -0.2) is 24.6 Å². The molecule has 6 heteroatoms. The molecule has 0 unspecified atom stereocenters. The minimum absolute atomic E-state index is 0.180. The van der Waals surface area contributed by atoms with Crippen LogP contribution in [0.4, 0.5) is 15.8 Å². The van der Waals surface area contributed by atoms with Crippen LogP contribution in [0.1, 0.15) is 11.1 Å². The Morgan fingerprint density at radius 3 is 2.67 bits per heavy atom. The summed E-state index contributed by atoms with van der Waals surface area (Å²) in [5, 5.41) is 0. The Hall–Kier alpha value is -2.34. The van der Waals surface area contributed by atoms with Gasteiger partial charge >= 0.3 is 0 Å². The molecule has 1 atom stereocenters. The summed E-state index contributed by atoms with van der Waals surface area (Å²) in [4.78, 5) is 27.6. The van der Waals surface area contributed by atoms with Crippen LogP contribution < -0.4 is 9.80 Å². The van der Waals surface area contributed by atoms with E-state index in [0.29, 0.717) is 11.3 Å². The summed E-state index contributed by atoms with van der Waals surface area (Å²) in [6.45, 7) is 1.67. The number of hydrogen-bond donors (Lipinski definition) is 0. The lowest BCUT2D eigenvalue weighted by Crippen LogP contribution is -2.49. The molecular formula is C18H15FN2O2S. The minimum Gasteiger partial charge on any atom is -0.312 e. The van der Waals surface area contributed by atoms with Gasteiger partial charge in [-0.05, 0) is 30.7 Å². The number of benzene rings is 2.